The molecule has 1 N–H and O–H groups in total. The Morgan fingerprint density at radius 1 is 1.26 bits per heavy atom. The van der Waals surface area contributed by atoms with Gasteiger partial charge in [0.15, 0.2) is 0 Å². The molecule has 0 aliphatic carbocycles. The van der Waals surface area contributed by atoms with Crippen molar-refractivity contribution in [2.45, 2.75) is 13.3 Å². The van der Waals surface area contributed by atoms with E-state index < -0.39 is 0 Å². The lowest BCUT2D eigenvalue weighted by atomic mass is 10.00. The van der Waals surface area contributed by atoms with Gasteiger partial charge < -0.3 is 0 Å². The summed E-state index contributed by atoms with van der Waals surface area (Å²) in [5.74, 6) is 0. The number of halogens is 1. The number of thiophene rings is 1. The highest BCUT2D eigenvalue weighted by Crippen LogP contribution is 2.47. The first-order valence-corrected chi connectivity index (χ1v) is 10.9. The highest BCUT2D eigenvalue weighted by molar-refractivity contribution is 7.23. The molecule has 0 bridgehead atoms. The summed E-state index contributed by atoms with van der Waals surface area (Å²) < 4.78 is 2.83. The number of fused-ring (bicyclic) bond motifs is 2. The summed E-state index contributed by atoms with van der Waals surface area (Å²) in [4.78, 5) is 17.0. The van der Waals surface area contributed by atoms with E-state index in [2.05, 4.69) is 20.1 Å². The van der Waals surface area contributed by atoms with Gasteiger partial charge in [0.2, 0.25) is 5.69 Å². The number of benzene rings is 2. The van der Waals surface area contributed by atoms with Crippen LogP contribution in [-0.2, 0) is 13.5 Å². The molecule has 0 saturated heterocycles. The van der Waals surface area contributed by atoms with Crippen molar-refractivity contribution < 1.29 is 0 Å². The Balaban J connectivity index is 1.82. The van der Waals surface area contributed by atoms with E-state index in [1.807, 2.05) is 44.3 Å². The van der Waals surface area contributed by atoms with Gasteiger partial charge in [0.05, 0.1) is 39.4 Å². The zero-order chi connectivity index (χ0) is 21.7. The average Bonchev–Trinajstić information content (AvgIpc) is 3.33. The molecule has 31 heavy (non-hydrogen) atoms. The van der Waals surface area contributed by atoms with Crippen LogP contribution in [0.15, 0.2) is 47.4 Å². The van der Waals surface area contributed by atoms with Crippen LogP contribution >= 0.6 is 22.9 Å². The Morgan fingerprint density at radius 3 is 2.84 bits per heavy atom. The fourth-order valence-electron chi connectivity index (χ4n) is 3.95. The largest absolute Gasteiger partial charge is 0.273 e. The third-order valence-corrected chi connectivity index (χ3v) is 6.87. The molecule has 3 aromatic heterocycles. The zero-order valence-corrected chi connectivity index (χ0v) is 18.3. The van der Waals surface area contributed by atoms with Crippen LogP contribution < -0.4 is 5.56 Å². The molecule has 0 radical (unpaired) electrons. The highest BCUT2D eigenvalue weighted by Gasteiger charge is 2.22. The SMILES string of the molecule is [C-]#[N+]c1c(-c2c(-c3cc(Cl)c4c(=O)[nH]nc(CC)c4c3)cnn2C)sc2ccccc12. The van der Waals surface area contributed by atoms with Gasteiger partial charge in [0, 0.05) is 22.7 Å². The van der Waals surface area contributed by atoms with Crippen molar-refractivity contribution in [1.82, 2.24) is 20.0 Å². The number of nitrogens with zero attached hydrogens (tertiary/aromatic N) is 4. The van der Waals surface area contributed by atoms with Gasteiger partial charge in [-0.2, -0.15) is 10.2 Å². The lowest BCUT2D eigenvalue weighted by Crippen LogP contribution is -2.11. The quantitative estimate of drug-likeness (QED) is 0.348. The van der Waals surface area contributed by atoms with Gasteiger partial charge in [-0.3, -0.25) is 9.48 Å². The van der Waals surface area contributed by atoms with Crippen LogP contribution in [0.3, 0.4) is 0 Å². The molecule has 0 saturated carbocycles. The second-order valence-electron chi connectivity index (χ2n) is 7.15. The van der Waals surface area contributed by atoms with Crippen molar-refractivity contribution in [1.29, 1.82) is 0 Å². The summed E-state index contributed by atoms with van der Waals surface area (Å²) >= 11 is 8.13. The van der Waals surface area contributed by atoms with E-state index in [1.54, 1.807) is 28.3 Å². The first kappa shape index (κ1) is 19.5. The molecule has 8 heteroatoms. The molecule has 0 spiro atoms. The van der Waals surface area contributed by atoms with Crippen LogP contribution in [0.2, 0.25) is 5.02 Å². The van der Waals surface area contributed by atoms with E-state index in [-0.39, 0.29) is 5.56 Å². The smallest absolute Gasteiger partial charge is 0.268 e. The second kappa shape index (κ2) is 7.34. The summed E-state index contributed by atoms with van der Waals surface area (Å²) in [6.45, 7) is 9.77. The first-order valence-electron chi connectivity index (χ1n) is 9.66. The summed E-state index contributed by atoms with van der Waals surface area (Å²) in [6.07, 6.45) is 2.43. The van der Waals surface area contributed by atoms with E-state index in [0.29, 0.717) is 22.5 Å². The first-order chi connectivity index (χ1) is 15.0. The van der Waals surface area contributed by atoms with Gasteiger partial charge >= 0.3 is 0 Å². The Morgan fingerprint density at radius 2 is 2.06 bits per heavy atom. The molecule has 6 nitrogen and oxygen atoms in total. The van der Waals surface area contributed by atoms with Crippen LogP contribution in [0, 0.1) is 6.57 Å². The molecule has 0 fully saturated rings. The molecule has 2 aromatic carbocycles. The maximum Gasteiger partial charge on any atom is 0.273 e. The molecule has 0 aliphatic heterocycles. The molecular formula is C23H16ClN5OS. The van der Waals surface area contributed by atoms with Gasteiger partial charge in [-0.1, -0.05) is 36.7 Å². The highest BCUT2D eigenvalue weighted by atomic mass is 35.5. The fourth-order valence-corrected chi connectivity index (χ4v) is 5.48. The average molecular weight is 446 g/mol. The summed E-state index contributed by atoms with van der Waals surface area (Å²) in [5, 5.41) is 13.7. The predicted molar refractivity (Wildman–Crippen MR) is 126 cm³/mol. The van der Waals surface area contributed by atoms with Crippen LogP contribution in [0.5, 0.6) is 0 Å². The van der Waals surface area contributed by atoms with Crippen molar-refractivity contribution in [3.05, 3.63) is 75.1 Å². The van der Waals surface area contributed by atoms with E-state index >= 15 is 0 Å². The molecule has 0 amide bonds. The predicted octanol–water partition coefficient (Wildman–Crippen LogP) is 5.97. The Labute approximate surface area is 186 Å². The number of aromatic nitrogens is 4. The fraction of sp³-hybridized carbons (Fsp3) is 0.130. The number of H-pyrrole nitrogens is 1. The van der Waals surface area contributed by atoms with Gasteiger partial charge in [0.1, 0.15) is 0 Å². The van der Waals surface area contributed by atoms with Crippen molar-refractivity contribution >= 4 is 49.5 Å². The van der Waals surface area contributed by atoms with E-state index in [0.717, 1.165) is 42.9 Å². The molecule has 0 atom stereocenters. The van der Waals surface area contributed by atoms with E-state index in [9.17, 15) is 4.79 Å². The van der Waals surface area contributed by atoms with Crippen molar-refractivity contribution in [2.24, 2.45) is 7.05 Å². The minimum atomic E-state index is -0.310. The molecular weight excluding hydrogens is 430 g/mol. The standard InChI is InChI=1S/C23H16ClN5OS/c1-4-17-14-9-12(10-16(24)19(14)23(30)28-27-17)15-11-26-29(3)21(15)22-20(25-2)13-7-5-6-8-18(13)31-22/h5-11H,4H2,1,3H3,(H,28,30). The second-order valence-corrected chi connectivity index (χ2v) is 8.61. The Kier molecular flexibility index (Phi) is 4.62. The molecule has 5 rings (SSSR count). The van der Waals surface area contributed by atoms with E-state index in [1.165, 1.54) is 0 Å². The number of hydrogen-bond acceptors (Lipinski definition) is 4. The number of hydrogen-bond donors (Lipinski definition) is 1. The van der Waals surface area contributed by atoms with E-state index in [4.69, 9.17) is 18.2 Å². The molecule has 5 aromatic rings. The number of rotatable bonds is 3. The van der Waals surface area contributed by atoms with Crippen LogP contribution in [-0.4, -0.2) is 20.0 Å². The minimum Gasteiger partial charge on any atom is -0.268 e. The zero-order valence-electron chi connectivity index (χ0n) is 16.7. The lowest BCUT2D eigenvalue weighted by Gasteiger charge is -2.10. The summed E-state index contributed by atoms with van der Waals surface area (Å²) in [5.41, 5.74) is 3.60. The normalized spacial score (nSPS) is 11.3. The third-order valence-electron chi connectivity index (χ3n) is 5.40. The maximum atomic E-state index is 12.3. The van der Waals surface area contributed by atoms with Gasteiger partial charge in [-0.15, -0.1) is 11.3 Å². The van der Waals surface area contributed by atoms with Crippen LogP contribution in [0.1, 0.15) is 12.6 Å². The lowest BCUT2D eigenvalue weighted by molar-refractivity contribution is 0.777. The Hall–Kier alpha value is -3.47. The minimum absolute atomic E-state index is 0.310. The number of aryl methyl sites for hydroxylation is 2. The maximum absolute atomic E-state index is 12.3. The third kappa shape index (κ3) is 2.95. The van der Waals surface area contributed by atoms with Gasteiger partial charge in [-0.25, -0.2) is 9.94 Å². The van der Waals surface area contributed by atoms with Gasteiger partial charge in [-0.05, 0) is 35.6 Å². The molecule has 152 valence electrons. The Bertz CT molecular complexity index is 1590. The van der Waals surface area contributed by atoms with Crippen molar-refractivity contribution in [2.75, 3.05) is 0 Å². The molecule has 0 aliphatic rings. The van der Waals surface area contributed by atoms with Gasteiger partial charge in [0.25, 0.3) is 5.56 Å². The summed E-state index contributed by atoms with van der Waals surface area (Å²) in [7, 11) is 1.86. The van der Waals surface area contributed by atoms with Crippen molar-refractivity contribution in [3.63, 3.8) is 0 Å². The molecule has 0 unspecified atom stereocenters. The van der Waals surface area contributed by atoms with Crippen LogP contribution in [0.4, 0.5) is 5.69 Å². The number of aromatic amines is 1. The summed E-state index contributed by atoms with van der Waals surface area (Å²) in [6, 6.07) is 11.6. The van der Waals surface area contributed by atoms with Crippen molar-refractivity contribution in [3.8, 4) is 21.7 Å². The topological polar surface area (TPSA) is 67.9 Å². The molecule has 3 heterocycles. The van der Waals surface area contributed by atoms with Crippen LogP contribution in [0.25, 0.3) is 47.4 Å². The number of nitrogens with one attached hydrogen (secondary N) is 1. The monoisotopic (exact) mass is 445 g/mol.